The summed E-state index contributed by atoms with van der Waals surface area (Å²) in [7, 11) is 0. The molecule has 5 heteroatoms. The number of ether oxygens (including phenoxy) is 1. The Morgan fingerprint density at radius 1 is 1.05 bits per heavy atom. The van der Waals surface area contributed by atoms with Crippen LogP contribution in [0.5, 0.6) is 11.5 Å². The van der Waals surface area contributed by atoms with E-state index in [4.69, 9.17) is 33.0 Å². The van der Waals surface area contributed by atoms with Crippen molar-refractivity contribution < 1.29 is 14.6 Å². The lowest BCUT2D eigenvalue weighted by atomic mass is 10.2. The molecule has 20 heavy (non-hydrogen) atoms. The van der Waals surface area contributed by atoms with Crippen LogP contribution in [0.1, 0.15) is 5.56 Å². The van der Waals surface area contributed by atoms with Crippen LogP contribution in [0.4, 0.5) is 0 Å². The number of para-hydroxylation sites is 2. The van der Waals surface area contributed by atoms with Gasteiger partial charge in [-0.25, -0.2) is 4.79 Å². The van der Waals surface area contributed by atoms with Crippen LogP contribution in [0.25, 0.3) is 6.08 Å². The van der Waals surface area contributed by atoms with E-state index in [0.29, 0.717) is 27.1 Å². The van der Waals surface area contributed by atoms with Gasteiger partial charge in [-0.05, 0) is 24.3 Å². The summed E-state index contributed by atoms with van der Waals surface area (Å²) in [5.74, 6) is -0.235. The van der Waals surface area contributed by atoms with Gasteiger partial charge in [0, 0.05) is 11.6 Å². The standard InChI is InChI=1S/C15H10Cl2O3/c16-11-5-1-2-7-13(11)20-15-10(8-9-14(18)19)4-3-6-12(15)17/h1-9H,(H,18,19)/b9-8+. The third kappa shape index (κ3) is 3.53. The molecule has 0 amide bonds. The Morgan fingerprint density at radius 2 is 1.75 bits per heavy atom. The van der Waals surface area contributed by atoms with Gasteiger partial charge in [-0.3, -0.25) is 0 Å². The first-order chi connectivity index (χ1) is 9.58. The van der Waals surface area contributed by atoms with Crippen molar-refractivity contribution in [1.82, 2.24) is 0 Å². The largest absolute Gasteiger partial charge is 0.478 e. The number of rotatable bonds is 4. The number of carboxylic acids is 1. The van der Waals surface area contributed by atoms with Crippen LogP contribution in [-0.2, 0) is 4.79 Å². The Bertz CT molecular complexity index is 666. The van der Waals surface area contributed by atoms with E-state index in [1.54, 1.807) is 42.5 Å². The van der Waals surface area contributed by atoms with Crippen molar-refractivity contribution >= 4 is 35.2 Å². The van der Waals surface area contributed by atoms with Crippen LogP contribution < -0.4 is 4.74 Å². The number of aliphatic carboxylic acids is 1. The summed E-state index contributed by atoms with van der Waals surface area (Å²) in [4.78, 5) is 10.6. The predicted molar refractivity (Wildman–Crippen MR) is 79.6 cm³/mol. The average Bonchev–Trinajstić information content (AvgIpc) is 2.41. The zero-order chi connectivity index (χ0) is 14.5. The summed E-state index contributed by atoms with van der Waals surface area (Å²) in [6.07, 6.45) is 2.44. The summed E-state index contributed by atoms with van der Waals surface area (Å²) >= 11 is 12.1. The summed E-state index contributed by atoms with van der Waals surface area (Å²) in [5, 5.41) is 9.50. The lowest BCUT2D eigenvalue weighted by Crippen LogP contribution is -1.91. The van der Waals surface area contributed by atoms with Gasteiger partial charge in [0.25, 0.3) is 0 Å². The molecule has 102 valence electrons. The third-order valence-electron chi connectivity index (χ3n) is 2.45. The van der Waals surface area contributed by atoms with Gasteiger partial charge >= 0.3 is 5.97 Å². The van der Waals surface area contributed by atoms with E-state index in [1.807, 2.05) is 0 Å². The van der Waals surface area contributed by atoms with Crippen molar-refractivity contribution in [3.63, 3.8) is 0 Å². The molecule has 0 spiro atoms. The maximum atomic E-state index is 10.6. The molecule has 0 bridgehead atoms. The van der Waals surface area contributed by atoms with Crippen molar-refractivity contribution in [2.45, 2.75) is 0 Å². The first-order valence-corrected chi connectivity index (χ1v) is 6.45. The lowest BCUT2D eigenvalue weighted by molar-refractivity contribution is -0.131. The fourth-order valence-corrected chi connectivity index (χ4v) is 1.96. The van der Waals surface area contributed by atoms with Crippen molar-refractivity contribution in [1.29, 1.82) is 0 Å². The van der Waals surface area contributed by atoms with Crippen LogP contribution in [0.2, 0.25) is 10.0 Å². The molecular weight excluding hydrogens is 299 g/mol. The van der Waals surface area contributed by atoms with E-state index >= 15 is 0 Å². The highest BCUT2D eigenvalue weighted by atomic mass is 35.5. The smallest absolute Gasteiger partial charge is 0.328 e. The molecule has 0 heterocycles. The van der Waals surface area contributed by atoms with Gasteiger partial charge in [0.15, 0.2) is 5.75 Å². The van der Waals surface area contributed by atoms with Crippen molar-refractivity contribution in [3.05, 3.63) is 64.1 Å². The molecule has 0 unspecified atom stereocenters. The second kappa shape index (κ2) is 6.46. The Labute approximate surface area is 126 Å². The van der Waals surface area contributed by atoms with E-state index in [0.717, 1.165) is 6.08 Å². The Morgan fingerprint density at radius 3 is 2.45 bits per heavy atom. The highest BCUT2D eigenvalue weighted by Gasteiger charge is 2.10. The monoisotopic (exact) mass is 308 g/mol. The Kier molecular flexibility index (Phi) is 4.66. The zero-order valence-corrected chi connectivity index (χ0v) is 11.7. The van der Waals surface area contributed by atoms with E-state index in [1.165, 1.54) is 6.08 Å². The minimum Gasteiger partial charge on any atom is -0.478 e. The molecule has 2 aromatic rings. The molecule has 0 atom stereocenters. The molecule has 2 aromatic carbocycles. The van der Waals surface area contributed by atoms with Gasteiger partial charge in [-0.1, -0.05) is 47.5 Å². The van der Waals surface area contributed by atoms with Crippen LogP contribution in [0.3, 0.4) is 0 Å². The molecule has 0 aromatic heterocycles. The van der Waals surface area contributed by atoms with Crippen LogP contribution in [0, 0.1) is 0 Å². The Hall–Kier alpha value is -1.97. The second-order valence-electron chi connectivity index (χ2n) is 3.86. The normalized spacial score (nSPS) is 10.7. The van der Waals surface area contributed by atoms with Gasteiger partial charge in [0.1, 0.15) is 5.75 Å². The molecule has 0 fully saturated rings. The van der Waals surface area contributed by atoms with Crippen molar-refractivity contribution in [2.75, 3.05) is 0 Å². The van der Waals surface area contributed by atoms with Gasteiger partial charge in [-0.15, -0.1) is 0 Å². The van der Waals surface area contributed by atoms with Crippen LogP contribution in [0.15, 0.2) is 48.5 Å². The maximum absolute atomic E-state index is 10.6. The van der Waals surface area contributed by atoms with Gasteiger partial charge in [0.05, 0.1) is 10.0 Å². The highest BCUT2D eigenvalue weighted by Crippen LogP contribution is 2.36. The van der Waals surface area contributed by atoms with Gasteiger partial charge in [-0.2, -0.15) is 0 Å². The summed E-state index contributed by atoms with van der Waals surface area (Å²) < 4.78 is 5.70. The molecule has 2 rings (SSSR count). The van der Waals surface area contributed by atoms with Gasteiger partial charge < -0.3 is 9.84 Å². The first-order valence-electron chi connectivity index (χ1n) is 5.70. The number of hydrogen-bond donors (Lipinski definition) is 1. The number of carboxylic acid groups (broad SMARTS) is 1. The summed E-state index contributed by atoms with van der Waals surface area (Å²) in [6.45, 7) is 0. The summed E-state index contributed by atoms with van der Waals surface area (Å²) in [5.41, 5.74) is 0.555. The molecule has 0 aliphatic rings. The number of benzene rings is 2. The van der Waals surface area contributed by atoms with Crippen LogP contribution >= 0.6 is 23.2 Å². The third-order valence-corrected chi connectivity index (χ3v) is 3.06. The number of hydrogen-bond acceptors (Lipinski definition) is 2. The van der Waals surface area contributed by atoms with E-state index in [9.17, 15) is 4.79 Å². The Balaban J connectivity index is 2.40. The molecule has 0 saturated carbocycles. The van der Waals surface area contributed by atoms with E-state index < -0.39 is 5.97 Å². The summed E-state index contributed by atoms with van der Waals surface area (Å²) in [6, 6.07) is 12.0. The number of carbonyl (C=O) groups is 1. The van der Waals surface area contributed by atoms with Gasteiger partial charge in [0.2, 0.25) is 0 Å². The molecular formula is C15H10Cl2O3. The first kappa shape index (κ1) is 14.4. The quantitative estimate of drug-likeness (QED) is 0.818. The number of halogens is 2. The minimum absolute atomic E-state index is 0.361. The predicted octanol–water partition coefficient (Wildman–Crippen LogP) is 4.88. The fourth-order valence-electron chi connectivity index (χ4n) is 1.56. The molecule has 0 saturated heterocycles. The average molecular weight is 309 g/mol. The zero-order valence-electron chi connectivity index (χ0n) is 10.2. The molecule has 0 radical (unpaired) electrons. The second-order valence-corrected chi connectivity index (χ2v) is 4.68. The van der Waals surface area contributed by atoms with E-state index in [-0.39, 0.29) is 0 Å². The van der Waals surface area contributed by atoms with Crippen molar-refractivity contribution in [2.24, 2.45) is 0 Å². The highest BCUT2D eigenvalue weighted by molar-refractivity contribution is 6.33. The van der Waals surface area contributed by atoms with Crippen molar-refractivity contribution in [3.8, 4) is 11.5 Å². The topological polar surface area (TPSA) is 46.5 Å². The molecule has 0 aliphatic heterocycles. The van der Waals surface area contributed by atoms with Crippen LogP contribution in [-0.4, -0.2) is 11.1 Å². The molecule has 1 N–H and O–H groups in total. The fraction of sp³-hybridized carbons (Fsp3) is 0. The minimum atomic E-state index is -1.05. The lowest BCUT2D eigenvalue weighted by Gasteiger charge is -2.11. The SMILES string of the molecule is O=C(O)/C=C/c1cccc(Cl)c1Oc1ccccc1Cl. The van der Waals surface area contributed by atoms with E-state index in [2.05, 4.69) is 0 Å². The molecule has 3 nitrogen and oxygen atoms in total. The maximum Gasteiger partial charge on any atom is 0.328 e. The molecule has 0 aliphatic carbocycles.